The summed E-state index contributed by atoms with van der Waals surface area (Å²) in [6, 6.07) is 30.1. The molecule has 3 atom stereocenters. The first-order chi connectivity index (χ1) is 19.4. The fraction of sp³-hybridized carbons (Fsp3) is 0.156. The van der Waals surface area contributed by atoms with Gasteiger partial charge in [0.2, 0.25) is 5.91 Å². The Labute approximate surface area is 231 Å². The molecule has 0 radical (unpaired) electrons. The molecule has 0 aliphatic carbocycles. The third-order valence-corrected chi connectivity index (χ3v) is 6.82. The fourth-order valence-electron chi connectivity index (χ4n) is 4.71. The number of ether oxygens (including phenoxy) is 1. The van der Waals surface area contributed by atoms with Gasteiger partial charge in [-0.3, -0.25) is 14.5 Å². The fourth-order valence-corrected chi connectivity index (χ4v) is 4.71. The van der Waals surface area contributed by atoms with E-state index >= 15 is 0 Å². The van der Waals surface area contributed by atoms with Crippen molar-refractivity contribution in [1.82, 2.24) is 10.2 Å². The first-order valence-electron chi connectivity index (χ1n) is 12.9. The molecule has 5 rings (SSSR count). The Hall–Kier alpha value is -4.98. The van der Waals surface area contributed by atoms with Gasteiger partial charge in [0.1, 0.15) is 5.82 Å². The van der Waals surface area contributed by atoms with Crippen LogP contribution in [0.4, 0.5) is 14.9 Å². The molecule has 0 saturated carbocycles. The number of carbonyl (C=O) groups excluding carboxylic acids is 3. The summed E-state index contributed by atoms with van der Waals surface area (Å²) in [5.41, 5.74) is 2.74. The van der Waals surface area contributed by atoms with Gasteiger partial charge in [0.25, 0.3) is 5.91 Å². The van der Waals surface area contributed by atoms with Gasteiger partial charge in [-0.1, -0.05) is 84.9 Å². The van der Waals surface area contributed by atoms with Gasteiger partial charge >= 0.3 is 6.09 Å². The van der Waals surface area contributed by atoms with Crippen molar-refractivity contribution >= 4 is 23.6 Å². The predicted octanol–water partition coefficient (Wildman–Crippen LogP) is 6.02. The topological polar surface area (TPSA) is 87.7 Å². The molecular formula is C32H28FN3O4. The van der Waals surface area contributed by atoms with Crippen LogP contribution in [0.2, 0.25) is 0 Å². The van der Waals surface area contributed by atoms with E-state index in [-0.39, 0.29) is 24.1 Å². The van der Waals surface area contributed by atoms with Crippen LogP contribution < -0.4 is 10.6 Å². The highest BCUT2D eigenvalue weighted by Gasteiger charge is 2.47. The molecule has 2 N–H and O–H groups in total. The standard InChI is InChI=1S/C32H28FN3O4/c1-21(23-12-6-3-7-13-23)34-31(38)28-29(40-32(39)36(28)20-22-10-4-2-5-11-22)24-16-18-25(19-17-24)35-30(37)26-14-8-9-15-27(26)33/h2-19,21,28-29H,20H2,1H3,(H,34,38)(H,35,37). The molecule has 0 bridgehead atoms. The van der Waals surface area contributed by atoms with Gasteiger partial charge in [-0.2, -0.15) is 0 Å². The van der Waals surface area contributed by atoms with E-state index < -0.39 is 30.0 Å². The van der Waals surface area contributed by atoms with Gasteiger partial charge in [-0.05, 0) is 47.9 Å². The molecule has 1 heterocycles. The number of amides is 3. The van der Waals surface area contributed by atoms with Gasteiger partial charge in [-0.15, -0.1) is 0 Å². The molecule has 8 heteroatoms. The smallest absolute Gasteiger partial charge is 0.411 e. The second-order valence-corrected chi connectivity index (χ2v) is 9.56. The number of carbonyl (C=O) groups is 3. The summed E-state index contributed by atoms with van der Waals surface area (Å²) in [6.07, 6.45) is -1.48. The van der Waals surface area contributed by atoms with Gasteiger partial charge in [0.05, 0.1) is 18.2 Å². The van der Waals surface area contributed by atoms with Crippen LogP contribution >= 0.6 is 0 Å². The molecular weight excluding hydrogens is 509 g/mol. The Morgan fingerprint density at radius 3 is 2.17 bits per heavy atom. The third-order valence-electron chi connectivity index (χ3n) is 6.82. The predicted molar refractivity (Wildman–Crippen MR) is 149 cm³/mol. The van der Waals surface area contributed by atoms with E-state index in [1.165, 1.54) is 23.1 Å². The first-order valence-corrected chi connectivity index (χ1v) is 12.9. The summed E-state index contributed by atoms with van der Waals surface area (Å²) in [5.74, 6) is -1.55. The second kappa shape index (κ2) is 11.8. The largest absolute Gasteiger partial charge is 0.438 e. The lowest BCUT2D eigenvalue weighted by atomic mass is 9.99. The number of rotatable bonds is 8. The van der Waals surface area contributed by atoms with Crippen LogP contribution in [0.25, 0.3) is 0 Å². The highest BCUT2D eigenvalue weighted by molar-refractivity contribution is 6.04. The summed E-state index contributed by atoms with van der Waals surface area (Å²) in [6.45, 7) is 2.08. The minimum Gasteiger partial charge on any atom is -0.438 e. The highest BCUT2D eigenvalue weighted by Crippen LogP contribution is 2.35. The molecule has 0 aromatic heterocycles. The van der Waals surface area contributed by atoms with Crippen LogP contribution in [0.15, 0.2) is 109 Å². The Morgan fingerprint density at radius 2 is 1.50 bits per heavy atom. The van der Waals surface area contributed by atoms with Gasteiger partial charge < -0.3 is 15.4 Å². The third kappa shape index (κ3) is 5.86. The molecule has 1 aliphatic rings. The van der Waals surface area contributed by atoms with Gasteiger partial charge in [0.15, 0.2) is 12.1 Å². The van der Waals surface area contributed by atoms with Crippen molar-refractivity contribution in [3.05, 3.63) is 137 Å². The Balaban J connectivity index is 1.38. The molecule has 1 fully saturated rings. The van der Waals surface area contributed by atoms with E-state index in [9.17, 15) is 18.8 Å². The molecule has 1 aliphatic heterocycles. The Bertz CT molecular complexity index is 1500. The van der Waals surface area contributed by atoms with E-state index in [1.807, 2.05) is 67.6 Å². The van der Waals surface area contributed by atoms with E-state index in [1.54, 1.807) is 30.3 Å². The monoisotopic (exact) mass is 537 g/mol. The van der Waals surface area contributed by atoms with Gasteiger partial charge in [-0.25, -0.2) is 9.18 Å². The van der Waals surface area contributed by atoms with Crippen LogP contribution in [-0.4, -0.2) is 28.8 Å². The van der Waals surface area contributed by atoms with Crippen LogP contribution in [-0.2, 0) is 16.1 Å². The lowest BCUT2D eigenvalue weighted by Gasteiger charge is -2.26. The first kappa shape index (κ1) is 26.6. The minimum absolute atomic E-state index is 0.0721. The summed E-state index contributed by atoms with van der Waals surface area (Å²) < 4.78 is 19.8. The normalized spacial score (nSPS) is 17.1. The van der Waals surface area contributed by atoms with Crippen molar-refractivity contribution in [2.45, 2.75) is 31.7 Å². The average Bonchev–Trinajstić information content (AvgIpc) is 3.30. The van der Waals surface area contributed by atoms with Crippen molar-refractivity contribution in [3.63, 3.8) is 0 Å². The summed E-state index contributed by atoms with van der Waals surface area (Å²) in [7, 11) is 0. The van der Waals surface area contributed by atoms with Gasteiger partial charge in [0, 0.05) is 5.69 Å². The number of hydrogen-bond donors (Lipinski definition) is 2. The van der Waals surface area contributed by atoms with Crippen LogP contribution in [0.5, 0.6) is 0 Å². The lowest BCUT2D eigenvalue weighted by Crippen LogP contribution is -2.46. The van der Waals surface area contributed by atoms with E-state index in [0.717, 1.165) is 11.1 Å². The number of cyclic esters (lactones) is 1. The average molecular weight is 538 g/mol. The molecule has 7 nitrogen and oxygen atoms in total. The number of halogens is 1. The zero-order valence-corrected chi connectivity index (χ0v) is 21.8. The number of benzene rings is 4. The quantitative estimate of drug-likeness (QED) is 0.288. The molecule has 40 heavy (non-hydrogen) atoms. The highest BCUT2D eigenvalue weighted by atomic mass is 19.1. The van der Waals surface area contributed by atoms with Crippen molar-refractivity contribution in [1.29, 1.82) is 0 Å². The maximum absolute atomic E-state index is 14.0. The van der Waals surface area contributed by atoms with Crippen LogP contribution in [0, 0.1) is 5.82 Å². The van der Waals surface area contributed by atoms with Crippen molar-refractivity contribution in [2.24, 2.45) is 0 Å². The second-order valence-electron chi connectivity index (χ2n) is 9.56. The van der Waals surface area contributed by atoms with Crippen molar-refractivity contribution in [2.75, 3.05) is 5.32 Å². The molecule has 3 unspecified atom stereocenters. The molecule has 0 spiro atoms. The number of anilines is 1. The number of hydrogen-bond acceptors (Lipinski definition) is 4. The van der Waals surface area contributed by atoms with E-state index in [4.69, 9.17) is 4.74 Å². The van der Waals surface area contributed by atoms with Crippen LogP contribution in [0.1, 0.15) is 46.1 Å². The maximum atomic E-state index is 14.0. The molecule has 3 amide bonds. The van der Waals surface area contributed by atoms with Crippen molar-refractivity contribution < 1.29 is 23.5 Å². The summed E-state index contributed by atoms with van der Waals surface area (Å²) in [4.78, 5) is 40.7. The summed E-state index contributed by atoms with van der Waals surface area (Å²) >= 11 is 0. The molecule has 4 aromatic rings. The van der Waals surface area contributed by atoms with E-state index in [0.29, 0.717) is 11.3 Å². The molecule has 4 aromatic carbocycles. The number of nitrogens with zero attached hydrogens (tertiary/aromatic N) is 1. The Kier molecular flexibility index (Phi) is 7.87. The molecule has 202 valence electrons. The summed E-state index contributed by atoms with van der Waals surface area (Å²) in [5, 5.41) is 5.70. The Morgan fingerprint density at radius 1 is 0.875 bits per heavy atom. The zero-order chi connectivity index (χ0) is 28.1. The minimum atomic E-state index is -0.933. The zero-order valence-electron chi connectivity index (χ0n) is 21.8. The van der Waals surface area contributed by atoms with Crippen molar-refractivity contribution in [3.8, 4) is 0 Å². The SMILES string of the molecule is CC(NC(=O)C1C(c2ccc(NC(=O)c3ccccc3F)cc2)OC(=O)N1Cc1ccccc1)c1ccccc1. The van der Waals surface area contributed by atoms with Crippen LogP contribution in [0.3, 0.4) is 0 Å². The number of nitrogens with one attached hydrogen (secondary N) is 2. The lowest BCUT2D eigenvalue weighted by molar-refractivity contribution is -0.127. The van der Waals surface area contributed by atoms with E-state index in [2.05, 4.69) is 10.6 Å². The maximum Gasteiger partial charge on any atom is 0.411 e. The molecule has 1 saturated heterocycles.